The third-order valence-corrected chi connectivity index (χ3v) is 5.22. The third kappa shape index (κ3) is 3.44. The van der Waals surface area contributed by atoms with E-state index in [2.05, 4.69) is 29.1 Å². The fraction of sp³-hybridized carbons (Fsp3) is 0.429. The molecule has 3 aromatic rings. The monoisotopic (exact) mass is 379 g/mol. The molecular formula is C21H25N5O2. The van der Waals surface area contributed by atoms with E-state index >= 15 is 0 Å². The summed E-state index contributed by atoms with van der Waals surface area (Å²) in [6.45, 7) is 8.55. The number of carbonyl (C=O) groups excluding carboxylic acids is 1. The van der Waals surface area contributed by atoms with E-state index < -0.39 is 0 Å². The van der Waals surface area contributed by atoms with Crippen LogP contribution in [0.25, 0.3) is 17.0 Å². The normalized spacial score (nSPS) is 14.3. The molecule has 0 aliphatic heterocycles. The molecule has 1 aliphatic rings. The maximum absolute atomic E-state index is 12.9. The van der Waals surface area contributed by atoms with Crippen molar-refractivity contribution < 1.29 is 9.53 Å². The predicted molar refractivity (Wildman–Crippen MR) is 106 cm³/mol. The second-order valence-corrected chi connectivity index (χ2v) is 7.81. The molecule has 1 aliphatic carbocycles. The Hall–Kier alpha value is -2.96. The first kappa shape index (κ1) is 18.4. The molecule has 7 nitrogen and oxygen atoms in total. The van der Waals surface area contributed by atoms with Crippen LogP contribution in [-0.2, 0) is 0 Å². The minimum atomic E-state index is -0.243. The molecule has 0 saturated heterocycles. The van der Waals surface area contributed by atoms with Gasteiger partial charge in [-0.25, -0.2) is 15.0 Å². The summed E-state index contributed by atoms with van der Waals surface area (Å²) >= 11 is 0. The van der Waals surface area contributed by atoms with Gasteiger partial charge in [-0.15, -0.1) is 0 Å². The van der Waals surface area contributed by atoms with Gasteiger partial charge in [-0.05, 0) is 58.6 Å². The largest absolute Gasteiger partial charge is 0.478 e. The van der Waals surface area contributed by atoms with Crippen LogP contribution in [0.1, 0.15) is 49.8 Å². The molecule has 3 heterocycles. The molecular weight excluding hydrogens is 354 g/mol. The van der Waals surface area contributed by atoms with Gasteiger partial charge in [0.25, 0.3) is 5.91 Å². The Labute approximate surface area is 164 Å². The Morgan fingerprint density at radius 3 is 2.79 bits per heavy atom. The molecule has 0 radical (unpaired) electrons. The molecule has 1 saturated carbocycles. The molecule has 0 aromatic carbocycles. The summed E-state index contributed by atoms with van der Waals surface area (Å²) in [5.74, 6) is 0.887. The maximum Gasteiger partial charge on any atom is 0.274 e. The lowest BCUT2D eigenvalue weighted by Gasteiger charge is -2.25. The van der Waals surface area contributed by atoms with Gasteiger partial charge in [-0.3, -0.25) is 9.20 Å². The minimum absolute atomic E-state index is 0.195. The van der Waals surface area contributed by atoms with E-state index in [1.165, 1.54) is 0 Å². The SMILES string of the molecule is CCOc1cccc(-c2cc(C)n3cnc(C(=O)NC(C)(C)C4CC4)c3n2)n1. The number of rotatable bonds is 6. The van der Waals surface area contributed by atoms with Crippen molar-refractivity contribution in [2.45, 2.75) is 46.1 Å². The van der Waals surface area contributed by atoms with Crippen LogP contribution in [0.2, 0.25) is 0 Å². The number of aryl methyl sites for hydroxylation is 1. The number of nitrogens with one attached hydrogen (secondary N) is 1. The number of pyridine rings is 1. The van der Waals surface area contributed by atoms with Crippen LogP contribution in [0, 0.1) is 12.8 Å². The Morgan fingerprint density at radius 2 is 2.07 bits per heavy atom. The Kier molecular flexibility index (Phi) is 4.53. The fourth-order valence-electron chi connectivity index (χ4n) is 3.46. The van der Waals surface area contributed by atoms with Crippen molar-refractivity contribution in [2.24, 2.45) is 5.92 Å². The van der Waals surface area contributed by atoms with E-state index in [4.69, 9.17) is 9.72 Å². The van der Waals surface area contributed by atoms with Crippen molar-refractivity contribution in [3.8, 4) is 17.3 Å². The number of nitrogens with zero attached hydrogens (tertiary/aromatic N) is 4. The first-order chi connectivity index (χ1) is 13.4. The Bertz CT molecular complexity index is 1040. The zero-order chi connectivity index (χ0) is 19.9. The van der Waals surface area contributed by atoms with Crippen molar-refractivity contribution in [1.82, 2.24) is 24.7 Å². The molecule has 0 atom stereocenters. The summed E-state index contributed by atoms with van der Waals surface area (Å²) in [4.78, 5) is 26.5. The van der Waals surface area contributed by atoms with Crippen LogP contribution in [0.5, 0.6) is 5.88 Å². The van der Waals surface area contributed by atoms with Crippen molar-refractivity contribution in [3.63, 3.8) is 0 Å². The van der Waals surface area contributed by atoms with E-state index in [-0.39, 0.29) is 11.4 Å². The fourth-order valence-corrected chi connectivity index (χ4v) is 3.46. The summed E-state index contributed by atoms with van der Waals surface area (Å²) in [6, 6.07) is 7.52. The molecule has 28 heavy (non-hydrogen) atoms. The first-order valence-corrected chi connectivity index (χ1v) is 9.66. The van der Waals surface area contributed by atoms with E-state index in [0.717, 1.165) is 18.5 Å². The van der Waals surface area contributed by atoms with Crippen molar-refractivity contribution in [2.75, 3.05) is 6.61 Å². The van der Waals surface area contributed by atoms with Gasteiger partial charge in [0.2, 0.25) is 5.88 Å². The number of amides is 1. The topological polar surface area (TPSA) is 81.4 Å². The molecule has 0 unspecified atom stereocenters. The second kappa shape index (κ2) is 6.89. The molecule has 1 N–H and O–H groups in total. The lowest BCUT2D eigenvalue weighted by Crippen LogP contribution is -2.45. The van der Waals surface area contributed by atoms with Gasteiger partial charge < -0.3 is 10.1 Å². The Morgan fingerprint density at radius 1 is 1.29 bits per heavy atom. The molecule has 1 fully saturated rings. The molecule has 1 amide bonds. The molecule has 7 heteroatoms. The highest BCUT2D eigenvalue weighted by molar-refractivity contribution is 5.98. The highest BCUT2D eigenvalue weighted by Crippen LogP contribution is 2.39. The summed E-state index contributed by atoms with van der Waals surface area (Å²) in [5.41, 5.74) is 2.93. The lowest BCUT2D eigenvalue weighted by molar-refractivity contribution is 0.0900. The number of carbonyl (C=O) groups is 1. The predicted octanol–water partition coefficient (Wildman–Crippen LogP) is 3.42. The number of hydrogen-bond acceptors (Lipinski definition) is 5. The number of hydrogen-bond donors (Lipinski definition) is 1. The van der Waals surface area contributed by atoms with Crippen LogP contribution in [0.3, 0.4) is 0 Å². The zero-order valence-corrected chi connectivity index (χ0v) is 16.7. The van der Waals surface area contributed by atoms with Gasteiger partial charge in [0.05, 0.1) is 18.0 Å². The second-order valence-electron chi connectivity index (χ2n) is 7.81. The Balaban J connectivity index is 1.72. The van der Waals surface area contributed by atoms with Gasteiger partial charge >= 0.3 is 0 Å². The quantitative estimate of drug-likeness (QED) is 0.710. The average molecular weight is 379 g/mol. The van der Waals surface area contributed by atoms with Gasteiger partial charge in [-0.1, -0.05) is 6.07 Å². The van der Waals surface area contributed by atoms with E-state index in [0.29, 0.717) is 41.1 Å². The van der Waals surface area contributed by atoms with Gasteiger partial charge in [-0.2, -0.15) is 0 Å². The van der Waals surface area contributed by atoms with Gasteiger partial charge in [0.1, 0.15) is 6.33 Å². The van der Waals surface area contributed by atoms with Crippen LogP contribution in [-0.4, -0.2) is 37.4 Å². The van der Waals surface area contributed by atoms with E-state index in [9.17, 15) is 4.79 Å². The van der Waals surface area contributed by atoms with Crippen molar-refractivity contribution >= 4 is 11.6 Å². The van der Waals surface area contributed by atoms with Crippen LogP contribution >= 0.6 is 0 Å². The highest BCUT2D eigenvalue weighted by Gasteiger charge is 2.39. The smallest absolute Gasteiger partial charge is 0.274 e. The van der Waals surface area contributed by atoms with E-state index in [1.54, 1.807) is 6.33 Å². The molecule has 0 spiro atoms. The summed E-state index contributed by atoms with van der Waals surface area (Å²) in [7, 11) is 0. The average Bonchev–Trinajstić information content (AvgIpc) is 3.42. The van der Waals surface area contributed by atoms with Crippen molar-refractivity contribution in [3.05, 3.63) is 42.0 Å². The number of fused-ring (bicyclic) bond motifs is 1. The van der Waals surface area contributed by atoms with Crippen molar-refractivity contribution in [1.29, 1.82) is 0 Å². The number of aromatic nitrogens is 4. The van der Waals surface area contributed by atoms with Gasteiger partial charge in [0, 0.05) is 17.3 Å². The summed E-state index contributed by atoms with van der Waals surface area (Å²) < 4.78 is 7.32. The van der Waals surface area contributed by atoms with Crippen LogP contribution in [0.15, 0.2) is 30.6 Å². The minimum Gasteiger partial charge on any atom is -0.478 e. The summed E-state index contributed by atoms with van der Waals surface area (Å²) in [6.07, 6.45) is 3.95. The number of ether oxygens (including phenoxy) is 1. The lowest BCUT2D eigenvalue weighted by atomic mass is 9.98. The molecule has 4 rings (SSSR count). The third-order valence-electron chi connectivity index (χ3n) is 5.22. The molecule has 3 aromatic heterocycles. The zero-order valence-electron chi connectivity index (χ0n) is 16.7. The first-order valence-electron chi connectivity index (χ1n) is 9.66. The highest BCUT2D eigenvalue weighted by atomic mass is 16.5. The standard InChI is InChI=1S/C21H25N5O2/c1-5-28-17-8-6-7-15(23-17)16-11-13(2)26-12-22-18(19(26)24-16)20(27)25-21(3,4)14-9-10-14/h6-8,11-12,14H,5,9-10H2,1-4H3,(H,25,27). The van der Waals surface area contributed by atoms with Crippen LogP contribution in [0.4, 0.5) is 0 Å². The molecule has 146 valence electrons. The van der Waals surface area contributed by atoms with E-state index in [1.807, 2.05) is 42.5 Å². The molecule has 0 bridgehead atoms. The maximum atomic E-state index is 12.9. The number of imidazole rings is 1. The summed E-state index contributed by atoms with van der Waals surface area (Å²) in [5, 5.41) is 3.13. The van der Waals surface area contributed by atoms with Crippen LogP contribution < -0.4 is 10.1 Å². The van der Waals surface area contributed by atoms with Gasteiger partial charge in [0.15, 0.2) is 11.3 Å².